The van der Waals surface area contributed by atoms with E-state index in [-0.39, 0.29) is 11.4 Å². The lowest BCUT2D eigenvalue weighted by Crippen LogP contribution is -2.47. The molecule has 2 atom stereocenters. The number of aromatic nitrogens is 2. The lowest BCUT2D eigenvalue weighted by molar-refractivity contribution is -0.0532. The van der Waals surface area contributed by atoms with Crippen molar-refractivity contribution in [1.29, 1.82) is 0 Å². The molecule has 2 fully saturated rings. The number of fused-ring (bicyclic) bond motifs is 1. The fraction of sp³-hybridized carbons (Fsp3) is 0.750. The van der Waals surface area contributed by atoms with E-state index in [9.17, 15) is 8.78 Å². The summed E-state index contributed by atoms with van der Waals surface area (Å²) in [6.45, 7) is 2.20. The standard InChI is InChI=1S/C16H23F2N3O3/c1-2-22-11-16-5-3-7-21(16)12(4-6-16)10-23-13-8-20-14(9-19-13)24-15(17)18/h8-9,12,15H,2-7,10-11H2,1H3/t12-,16?/m0/s1. The second-order valence-electron chi connectivity index (χ2n) is 6.23. The van der Waals surface area contributed by atoms with E-state index >= 15 is 0 Å². The SMILES string of the molecule is CCOCC12CCCN1[C@H](COc1cnc(OC(F)F)cn1)CC2. The molecule has 1 aromatic heterocycles. The van der Waals surface area contributed by atoms with Crippen molar-refractivity contribution in [2.45, 2.75) is 50.8 Å². The van der Waals surface area contributed by atoms with Gasteiger partial charge in [-0.3, -0.25) is 4.90 Å². The highest BCUT2D eigenvalue weighted by molar-refractivity contribution is 5.12. The molecular formula is C16H23F2N3O3. The molecule has 3 heterocycles. The molecule has 0 N–H and O–H groups in total. The van der Waals surface area contributed by atoms with Gasteiger partial charge in [0.1, 0.15) is 6.61 Å². The molecule has 2 saturated heterocycles. The summed E-state index contributed by atoms with van der Waals surface area (Å²) >= 11 is 0. The maximum Gasteiger partial charge on any atom is 0.388 e. The Bertz CT molecular complexity index is 532. The smallest absolute Gasteiger partial charge is 0.388 e. The van der Waals surface area contributed by atoms with Crippen molar-refractivity contribution in [3.63, 3.8) is 0 Å². The number of hydrogen-bond acceptors (Lipinski definition) is 6. The molecule has 24 heavy (non-hydrogen) atoms. The quantitative estimate of drug-likeness (QED) is 0.723. The van der Waals surface area contributed by atoms with Crippen LogP contribution in [0.3, 0.4) is 0 Å². The van der Waals surface area contributed by atoms with Crippen molar-refractivity contribution >= 4 is 0 Å². The van der Waals surface area contributed by atoms with Crippen molar-refractivity contribution in [2.24, 2.45) is 0 Å². The monoisotopic (exact) mass is 343 g/mol. The molecule has 0 spiro atoms. The van der Waals surface area contributed by atoms with Gasteiger partial charge in [0.05, 0.1) is 19.0 Å². The van der Waals surface area contributed by atoms with Gasteiger partial charge < -0.3 is 14.2 Å². The molecular weight excluding hydrogens is 320 g/mol. The molecule has 0 amide bonds. The van der Waals surface area contributed by atoms with E-state index in [4.69, 9.17) is 9.47 Å². The van der Waals surface area contributed by atoms with Crippen molar-refractivity contribution in [2.75, 3.05) is 26.4 Å². The van der Waals surface area contributed by atoms with Gasteiger partial charge in [-0.15, -0.1) is 0 Å². The summed E-state index contributed by atoms with van der Waals surface area (Å²) in [7, 11) is 0. The predicted octanol–water partition coefficient (Wildman–Crippen LogP) is 2.49. The third-order valence-corrected chi connectivity index (χ3v) is 4.85. The Labute approximate surface area is 140 Å². The number of hydrogen-bond donors (Lipinski definition) is 0. The summed E-state index contributed by atoms with van der Waals surface area (Å²) in [6.07, 6.45) is 6.99. The molecule has 134 valence electrons. The molecule has 2 aliphatic rings. The number of rotatable bonds is 8. The number of halogens is 2. The molecule has 0 saturated carbocycles. The van der Waals surface area contributed by atoms with Crippen molar-refractivity contribution in [3.8, 4) is 11.8 Å². The Balaban J connectivity index is 1.53. The first-order valence-electron chi connectivity index (χ1n) is 8.37. The second kappa shape index (κ2) is 7.57. The average Bonchev–Trinajstić information content (AvgIpc) is 3.11. The Kier molecular flexibility index (Phi) is 5.45. The van der Waals surface area contributed by atoms with Gasteiger partial charge >= 0.3 is 6.61 Å². The van der Waals surface area contributed by atoms with Crippen LogP contribution < -0.4 is 9.47 Å². The summed E-state index contributed by atoms with van der Waals surface area (Å²) in [5.74, 6) is 0.103. The lowest BCUT2D eigenvalue weighted by atomic mass is 9.95. The fourth-order valence-corrected chi connectivity index (χ4v) is 3.79. The van der Waals surface area contributed by atoms with Crippen LogP contribution in [0.5, 0.6) is 11.8 Å². The average molecular weight is 343 g/mol. The zero-order valence-electron chi connectivity index (χ0n) is 13.8. The van der Waals surface area contributed by atoms with E-state index < -0.39 is 6.61 Å². The van der Waals surface area contributed by atoms with Crippen LogP contribution in [-0.4, -0.2) is 59.4 Å². The molecule has 0 aromatic carbocycles. The first kappa shape index (κ1) is 17.3. The van der Waals surface area contributed by atoms with Crippen LogP contribution in [0.15, 0.2) is 12.4 Å². The van der Waals surface area contributed by atoms with Gasteiger partial charge in [0.2, 0.25) is 11.8 Å². The minimum atomic E-state index is -2.90. The summed E-state index contributed by atoms with van der Waals surface area (Å²) in [4.78, 5) is 10.2. The maximum atomic E-state index is 12.1. The van der Waals surface area contributed by atoms with Crippen molar-refractivity contribution < 1.29 is 23.0 Å². The van der Waals surface area contributed by atoms with E-state index in [2.05, 4.69) is 19.6 Å². The van der Waals surface area contributed by atoms with E-state index in [0.717, 1.165) is 38.8 Å². The Hall–Kier alpha value is -1.54. The molecule has 2 aliphatic heterocycles. The normalized spacial score (nSPS) is 26.8. The fourth-order valence-electron chi connectivity index (χ4n) is 3.79. The second-order valence-corrected chi connectivity index (χ2v) is 6.23. The van der Waals surface area contributed by atoms with E-state index in [1.54, 1.807) is 0 Å². The molecule has 8 heteroatoms. The molecule has 6 nitrogen and oxygen atoms in total. The van der Waals surface area contributed by atoms with E-state index in [1.807, 2.05) is 6.92 Å². The third-order valence-electron chi connectivity index (χ3n) is 4.85. The van der Waals surface area contributed by atoms with Crippen LogP contribution in [0.4, 0.5) is 8.78 Å². The summed E-state index contributed by atoms with van der Waals surface area (Å²) in [5.41, 5.74) is 0.157. The largest absolute Gasteiger partial charge is 0.475 e. The summed E-state index contributed by atoms with van der Waals surface area (Å²) in [6, 6.07) is 0.326. The first-order chi connectivity index (χ1) is 11.6. The van der Waals surface area contributed by atoms with E-state index in [1.165, 1.54) is 19.0 Å². The van der Waals surface area contributed by atoms with Gasteiger partial charge in [-0.05, 0) is 39.2 Å². The lowest BCUT2D eigenvalue weighted by Gasteiger charge is -2.34. The van der Waals surface area contributed by atoms with Gasteiger partial charge in [0, 0.05) is 18.2 Å². The topological polar surface area (TPSA) is 56.7 Å². The summed E-state index contributed by atoms with van der Waals surface area (Å²) in [5, 5.41) is 0. The van der Waals surface area contributed by atoms with Gasteiger partial charge in [-0.2, -0.15) is 8.78 Å². The van der Waals surface area contributed by atoms with Crippen LogP contribution in [0.2, 0.25) is 0 Å². The Morgan fingerprint density at radius 1 is 1.29 bits per heavy atom. The molecule has 0 aliphatic carbocycles. The maximum absolute atomic E-state index is 12.1. The highest BCUT2D eigenvalue weighted by Crippen LogP contribution is 2.42. The van der Waals surface area contributed by atoms with Crippen LogP contribution in [0, 0.1) is 0 Å². The highest BCUT2D eigenvalue weighted by Gasteiger charge is 2.49. The molecule has 0 bridgehead atoms. The highest BCUT2D eigenvalue weighted by atomic mass is 19.3. The third kappa shape index (κ3) is 3.75. The van der Waals surface area contributed by atoms with Crippen molar-refractivity contribution in [1.82, 2.24) is 14.9 Å². The van der Waals surface area contributed by atoms with Crippen LogP contribution >= 0.6 is 0 Å². The first-order valence-corrected chi connectivity index (χ1v) is 8.37. The zero-order valence-corrected chi connectivity index (χ0v) is 13.8. The minimum Gasteiger partial charge on any atom is -0.475 e. The van der Waals surface area contributed by atoms with Crippen LogP contribution in [0.25, 0.3) is 0 Å². The van der Waals surface area contributed by atoms with Gasteiger partial charge in [0.25, 0.3) is 0 Å². The number of alkyl halides is 2. The Morgan fingerprint density at radius 3 is 2.79 bits per heavy atom. The minimum absolute atomic E-state index is 0.157. The zero-order chi connectivity index (χ0) is 17.0. The number of nitrogens with zero attached hydrogens (tertiary/aromatic N) is 3. The predicted molar refractivity (Wildman–Crippen MR) is 82.3 cm³/mol. The summed E-state index contributed by atoms with van der Waals surface area (Å²) < 4.78 is 39.7. The Morgan fingerprint density at radius 2 is 2.08 bits per heavy atom. The van der Waals surface area contributed by atoms with Crippen LogP contribution in [-0.2, 0) is 4.74 Å². The van der Waals surface area contributed by atoms with Gasteiger partial charge in [-0.1, -0.05) is 0 Å². The molecule has 3 rings (SSSR count). The van der Waals surface area contributed by atoms with Gasteiger partial charge in [-0.25, -0.2) is 9.97 Å². The number of ether oxygens (including phenoxy) is 3. The van der Waals surface area contributed by atoms with Gasteiger partial charge in [0.15, 0.2) is 0 Å². The molecule has 1 aromatic rings. The van der Waals surface area contributed by atoms with Crippen molar-refractivity contribution in [3.05, 3.63) is 12.4 Å². The molecule has 1 unspecified atom stereocenters. The molecule has 0 radical (unpaired) electrons. The van der Waals surface area contributed by atoms with E-state index in [0.29, 0.717) is 18.5 Å². The van der Waals surface area contributed by atoms with Crippen LogP contribution in [0.1, 0.15) is 32.6 Å².